The zero-order chi connectivity index (χ0) is 25.1. The number of urea groups is 1. The third-order valence-electron chi connectivity index (χ3n) is 5.15. The van der Waals surface area contributed by atoms with Gasteiger partial charge in [-0.15, -0.1) is 0 Å². The summed E-state index contributed by atoms with van der Waals surface area (Å²) in [5, 5.41) is 0.0303. The molecule has 9 nitrogen and oxygen atoms in total. The summed E-state index contributed by atoms with van der Waals surface area (Å²) < 4.78 is 5.54. The van der Waals surface area contributed by atoms with Crippen molar-refractivity contribution in [1.82, 2.24) is 9.80 Å². The third kappa shape index (κ3) is 5.55. The lowest BCUT2D eigenvalue weighted by Crippen LogP contribution is -2.53. The van der Waals surface area contributed by atoms with Gasteiger partial charge in [-0.25, -0.2) is 9.69 Å². The van der Waals surface area contributed by atoms with Crippen LogP contribution in [0.2, 0.25) is 0 Å². The van der Waals surface area contributed by atoms with Gasteiger partial charge in [-0.3, -0.25) is 14.4 Å². The van der Waals surface area contributed by atoms with E-state index in [1.54, 1.807) is 39.0 Å². The Kier molecular flexibility index (Phi) is 7.28. The molecule has 1 heterocycles. The summed E-state index contributed by atoms with van der Waals surface area (Å²) in [6.45, 7) is 4.14. The number of Topliss-reactive ketones (excluding diaryl/α,β-unsaturated/α-hetero) is 1. The van der Waals surface area contributed by atoms with Crippen molar-refractivity contribution in [1.29, 1.82) is 0 Å². The number of carbonyl (C=O) groups excluding carboxylic acids is 4. The maximum Gasteiger partial charge on any atom is 0.329 e. The number of ketones is 1. The molecule has 0 aromatic heterocycles. The first kappa shape index (κ1) is 25.2. The number of anilines is 2. The summed E-state index contributed by atoms with van der Waals surface area (Å²) in [4.78, 5) is 53.7. The predicted octanol–water partition coefficient (Wildman–Crippen LogP) is 3.20. The SMILES string of the molecule is CC(C)(C)C(=O)C(Cl)(OCN1C(=O)CN(Cc2ccccc2)C1=O)C(=O)Nc1cccc(N)c1. The van der Waals surface area contributed by atoms with Crippen LogP contribution in [-0.2, 0) is 25.7 Å². The molecule has 10 heteroatoms. The van der Waals surface area contributed by atoms with E-state index in [9.17, 15) is 19.2 Å². The highest BCUT2D eigenvalue weighted by atomic mass is 35.5. The normalized spacial score (nSPS) is 15.9. The van der Waals surface area contributed by atoms with Gasteiger partial charge in [0.2, 0.25) is 0 Å². The van der Waals surface area contributed by atoms with Crippen LogP contribution >= 0.6 is 11.6 Å². The van der Waals surface area contributed by atoms with Crippen LogP contribution in [0.3, 0.4) is 0 Å². The number of hydrogen-bond donors (Lipinski definition) is 2. The highest BCUT2D eigenvalue weighted by molar-refractivity contribution is 6.47. The average molecular weight is 487 g/mol. The predicted molar refractivity (Wildman–Crippen MR) is 128 cm³/mol. The number of carbonyl (C=O) groups is 4. The lowest BCUT2D eigenvalue weighted by Gasteiger charge is -2.31. The minimum absolute atomic E-state index is 0.158. The van der Waals surface area contributed by atoms with Crippen molar-refractivity contribution >= 4 is 46.6 Å². The minimum Gasteiger partial charge on any atom is -0.399 e. The van der Waals surface area contributed by atoms with Crippen LogP contribution in [-0.4, -0.2) is 51.8 Å². The molecule has 1 unspecified atom stereocenters. The van der Waals surface area contributed by atoms with Crippen LogP contribution in [0.4, 0.5) is 16.2 Å². The van der Waals surface area contributed by atoms with E-state index in [-0.39, 0.29) is 13.1 Å². The third-order valence-corrected chi connectivity index (χ3v) is 5.60. The second-order valence-corrected chi connectivity index (χ2v) is 9.51. The molecule has 1 atom stereocenters. The van der Waals surface area contributed by atoms with E-state index < -0.39 is 40.8 Å². The van der Waals surface area contributed by atoms with Crippen molar-refractivity contribution in [3.8, 4) is 0 Å². The lowest BCUT2D eigenvalue weighted by molar-refractivity contribution is -0.157. The largest absolute Gasteiger partial charge is 0.399 e. The van der Waals surface area contributed by atoms with E-state index in [1.807, 2.05) is 30.3 Å². The number of nitrogen functional groups attached to an aromatic ring is 1. The van der Waals surface area contributed by atoms with Gasteiger partial charge in [0.25, 0.3) is 16.9 Å². The van der Waals surface area contributed by atoms with Gasteiger partial charge in [0.1, 0.15) is 13.3 Å². The molecule has 1 aliphatic rings. The molecule has 1 fully saturated rings. The van der Waals surface area contributed by atoms with Crippen molar-refractivity contribution < 1.29 is 23.9 Å². The highest BCUT2D eigenvalue weighted by Crippen LogP contribution is 2.32. The Labute approximate surface area is 202 Å². The molecule has 2 aromatic carbocycles. The summed E-state index contributed by atoms with van der Waals surface area (Å²) in [5.74, 6) is -2.22. The number of nitrogens with two attached hydrogens (primary N) is 1. The molecule has 1 saturated heterocycles. The summed E-state index contributed by atoms with van der Waals surface area (Å²) in [6.07, 6.45) is 0. The summed E-state index contributed by atoms with van der Waals surface area (Å²) in [7, 11) is 0. The molecule has 4 amide bonds. The number of imide groups is 1. The monoisotopic (exact) mass is 486 g/mol. The number of rotatable bonds is 8. The van der Waals surface area contributed by atoms with E-state index in [0.29, 0.717) is 11.4 Å². The topological polar surface area (TPSA) is 122 Å². The van der Waals surface area contributed by atoms with Crippen molar-refractivity contribution in [2.24, 2.45) is 5.41 Å². The van der Waals surface area contributed by atoms with E-state index in [2.05, 4.69) is 5.32 Å². The zero-order valence-electron chi connectivity index (χ0n) is 19.2. The molecular weight excluding hydrogens is 460 g/mol. The Morgan fingerprint density at radius 1 is 1.09 bits per heavy atom. The first-order valence-electron chi connectivity index (χ1n) is 10.6. The Balaban J connectivity index is 1.77. The maximum absolute atomic E-state index is 13.1. The Morgan fingerprint density at radius 2 is 1.76 bits per heavy atom. The smallest absolute Gasteiger partial charge is 0.329 e. The second-order valence-electron chi connectivity index (χ2n) is 8.97. The molecule has 0 saturated carbocycles. The Hall–Kier alpha value is -3.43. The molecule has 1 aliphatic heterocycles. The van der Waals surface area contributed by atoms with Crippen LogP contribution in [0.5, 0.6) is 0 Å². The molecule has 0 aliphatic carbocycles. The molecule has 0 spiro atoms. The molecule has 0 radical (unpaired) electrons. The minimum atomic E-state index is -2.49. The van der Waals surface area contributed by atoms with Gasteiger partial charge in [-0.1, -0.05) is 68.8 Å². The van der Waals surface area contributed by atoms with E-state index in [0.717, 1.165) is 10.5 Å². The average Bonchev–Trinajstić information content (AvgIpc) is 3.03. The standard InChI is InChI=1S/C24H27ClN4O5/c1-23(2,3)20(31)24(25,21(32)27-18-11-7-10-17(26)12-18)34-15-29-19(30)14-28(22(29)33)13-16-8-5-4-6-9-16/h4-12H,13-15,26H2,1-3H3,(H,27,32). The molecule has 3 N–H and O–H groups in total. The number of benzene rings is 2. The van der Waals surface area contributed by atoms with Crippen LogP contribution in [0.15, 0.2) is 54.6 Å². The quantitative estimate of drug-likeness (QED) is 0.256. The van der Waals surface area contributed by atoms with Crippen molar-refractivity contribution in [2.45, 2.75) is 32.4 Å². The van der Waals surface area contributed by atoms with Crippen LogP contribution < -0.4 is 11.1 Å². The number of alkyl halides is 1. The van der Waals surface area contributed by atoms with E-state index in [1.165, 1.54) is 11.0 Å². The van der Waals surface area contributed by atoms with Gasteiger partial charge in [0.05, 0.1) is 0 Å². The molecular formula is C24H27ClN4O5. The van der Waals surface area contributed by atoms with Crippen LogP contribution in [0, 0.1) is 5.41 Å². The van der Waals surface area contributed by atoms with Crippen molar-refractivity contribution in [3.63, 3.8) is 0 Å². The fourth-order valence-corrected chi connectivity index (χ4v) is 3.73. The summed E-state index contributed by atoms with van der Waals surface area (Å²) >= 11 is 6.48. The van der Waals surface area contributed by atoms with Crippen molar-refractivity contribution in [3.05, 3.63) is 60.2 Å². The second kappa shape index (κ2) is 9.82. The first-order valence-corrected chi connectivity index (χ1v) is 11.0. The molecule has 180 valence electrons. The fraction of sp³-hybridized carbons (Fsp3) is 0.333. The van der Waals surface area contributed by atoms with Crippen LogP contribution in [0.25, 0.3) is 0 Å². The Bertz CT molecular complexity index is 1100. The van der Waals surface area contributed by atoms with Gasteiger partial charge in [0, 0.05) is 23.3 Å². The summed E-state index contributed by atoms with van der Waals surface area (Å²) in [6, 6.07) is 14.9. The maximum atomic E-state index is 13.1. The van der Waals surface area contributed by atoms with Gasteiger partial charge in [-0.2, -0.15) is 0 Å². The van der Waals surface area contributed by atoms with Gasteiger partial charge < -0.3 is 20.7 Å². The van der Waals surface area contributed by atoms with Gasteiger partial charge >= 0.3 is 6.03 Å². The van der Waals surface area contributed by atoms with Gasteiger partial charge in [-0.05, 0) is 23.8 Å². The fourth-order valence-electron chi connectivity index (χ4n) is 3.35. The number of hydrogen-bond acceptors (Lipinski definition) is 6. The number of ether oxygens (including phenoxy) is 1. The molecule has 2 aromatic rings. The molecule has 0 bridgehead atoms. The number of nitrogens with one attached hydrogen (secondary N) is 1. The molecule has 3 rings (SSSR count). The lowest BCUT2D eigenvalue weighted by atomic mass is 9.87. The highest BCUT2D eigenvalue weighted by Gasteiger charge is 2.51. The van der Waals surface area contributed by atoms with Crippen molar-refractivity contribution in [2.75, 3.05) is 24.3 Å². The van der Waals surface area contributed by atoms with Crippen LogP contribution in [0.1, 0.15) is 26.3 Å². The van der Waals surface area contributed by atoms with E-state index >= 15 is 0 Å². The number of halogens is 1. The van der Waals surface area contributed by atoms with Gasteiger partial charge in [0.15, 0.2) is 5.78 Å². The molecule has 34 heavy (non-hydrogen) atoms. The summed E-state index contributed by atoms with van der Waals surface area (Å²) in [5.41, 5.74) is 6.24. The zero-order valence-corrected chi connectivity index (χ0v) is 20.0. The Morgan fingerprint density at radius 3 is 2.38 bits per heavy atom. The number of nitrogens with zero attached hydrogens (tertiary/aromatic N) is 2. The number of amides is 4. The van der Waals surface area contributed by atoms with E-state index in [4.69, 9.17) is 22.1 Å². The first-order chi connectivity index (χ1) is 15.9.